The Labute approximate surface area is 137 Å². The van der Waals surface area contributed by atoms with Gasteiger partial charge < -0.3 is 9.64 Å². The Morgan fingerprint density at radius 1 is 1.04 bits per heavy atom. The lowest BCUT2D eigenvalue weighted by Crippen LogP contribution is -2.36. The SMILES string of the molecule is COc1ccc(CCN2C(=O)CCC2Cc2ccccc2)cc1. The molecule has 0 aromatic heterocycles. The van der Waals surface area contributed by atoms with Gasteiger partial charge in [-0.05, 0) is 42.5 Å². The van der Waals surface area contributed by atoms with Crippen molar-refractivity contribution in [3.8, 4) is 5.75 Å². The number of amides is 1. The van der Waals surface area contributed by atoms with Crippen molar-refractivity contribution < 1.29 is 9.53 Å². The van der Waals surface area contributed by atoms with Gasteiger partial charge >= 0.3 is 0 Å². The topological polar surface area (TPSA) is 29.5 Å². The van der Waals surface area contributed by atoms with Crippen LogP contribution in [0.3, 0.4) is 0 Å². The Morgan fingerprint density at radius 3 is 2.48 bits per heavy atom. The maximum atomic E-state index is 12.2. The van der Waals surface area contributed by atoms with Crippen molar-refractivity contribution in [3.63, 3.8) is 0 Å². The van der Waals surface area contributed by atoms with E-state index in [0.29, 0.717) is 18.4 Å². The van der Waals surface area contributed by atoms with Crippen molar-refractivity contribution in [1.29, 1.82) is 0 Å². The van der Waals surface area contributed by atoms with Gasteiger partial charge in [0.1, 0.15) is 5.75 Å². The second kappa shape index (κ2) is 7.32. The van der Waals surface area contributed by atoms with Crippen molar-refractivity contribution in [2.24, 2.45) is 0 Å². The van der Waals surface area contributed by atoms with Gasteiger partial charge in [0, 0.05) is 19.0 Å². The highest BCUT2D eigenvalue weighted by molar-refractivity contribution is 5.78. The van der Waals surface area contributed by atoms with Crippen LogP contribution in [0.4, 0.5) is 0 Å². The van der Waals surface area contributed by atoms with E-state index in [2.05, 4.69) is 41.3 Å². The zero-order chi connectivity index (χ0) is 16.1. The van der Waals surface area contributed by atoms with Crippen LogP contribution in [-0.2, 0) is 17.6 Å². The summed E-state index contributed by atoms with van der Waals surface area (Å²) < 4.78 is 5.18. The molecule has 2 aromatic carbocycles. The minimum absolute atomic E-state index is 0.291. The molecule has 0 radical (unpaired) electrons. The highest BCUT2D eigenvalue weighted by Crippen LogP contribution is 2.23. The molecule has 0 aliphatic carbocycles. The van der Waals surface area contributed by atoms with Crippen LogP contribution in [0.5, 0.6) is 5.75 Å². The third-order valence-electron chi connectivity index (χ3n) is 4.57. The molecule has 120 valence electrons. The van der Waals surface area contributed by atoms with E-state index < -0.39 is 0 Å². The lowest BCUT2D eigenvalue weighted by molar-refractivity contribution is -0.128. The normalized spacial score (nSPS) is 17.5. The van der Waals surface area contributed by atoms with E-state index >= 15 is 0 Å². The molecule has 1 saturated heterocycles. The first-order chi connectivity index (χ1) is 11.3. The minimum atomic E-state index is 0.291. The fourth-order valence-electron chi connectivity index (χ4n) is 3.24. The lowest BCUT2D eigenvalue weighted by Gasteiger charge is -2.25. The van der Waals surface area contributed by atoms with Crippen molar-refractivity contribution in [3.05, 3.63) is 65.7 Å². The molecule has 0 bridgehead atoms. The molecule has 3 rings (SSSR count). The van der Waals surface area contributed by atoms with Crippen LogP contribution in [0, 0.1) is 0 Å². The predicted octanol–water partition coefficient (Wildman–Crippen LogP) is 3.47. The molecule has 23 heavy (non-hydrogen) atoms. The Morgan fingerprint density at radius 2 is 1.78 bits per heavy atom. The fraction of sp³-hybridized carbons (Fsp3) is 0.350. The van der Waals surface area contributed by atoms with Gasteiger partial charge in [0.25, 0.3) is 0 Å². The first-order valence-corrected chi connectivity index (χ1v) is 8.22. The Hall–Kier alpha value is -2.29. The van der Waals surface area contributed by atoms with E-state index in [1.54, 1.807) is 7.11 Å². The number of nitrogens with zero attached hydrogens (tertiary/aromatic N) is 1. The molecule has 1 heterocycles. The van der Waals surface area contributed by atoms with Gasteiger partial charge in [0.05, 0.1) is 7.11 Å². The number of hydrogen-bond acceptors (Lipinski definition) is 2. The second-order valence-corrected chi connectivity index (χ2v) is 6.07. The average molecular weight is 309 g/mol. The highest BCUT2D eigenvalue weighted by Gasteiger charge is 2.30. The molecular formula is C20H23NO2. The molecular weight excluding hydrogens is 286 g/mol. The fourth-order valence-corrected chi connectivity index (χ4v) is 3.24. The van der Waals surface area contributed by atoms with E-state index in [-0.39, 0.29) is 0 Å². The molecule has 1 amide bonds. The van der Waals surface area contributed by atoms with Crippen LogP contribution in [0.25, 0.3) is 0 Å². The second-order valence-electron chi connectivity index (χ2n) is 6.07. The van der Waals surface area contributed by atoms with Crippen molar-refractivity contribution in [2.75, 3.05) is 13.7 Å². The van der Waals surface area contributed by atoms with E-state index in [9.17, 15) is 4.79 Å². The molecule has 0 N–H and O–H groups in total. The molecule has 3 heteroatoms. The van der Waals surface area contributed by atoms with Gasteiger partial charge in [-0.25, -0.2) is 0 Å². The summed E-state index contributed by atoms with van der Waals surface area (Å²) in [7, 11) is 1.67. The summed E-state index contributed by atoms with van der Waals surface area (Å²) in [6.45, 7) is 0.794. The van der Waals surface area contributed by atoms with Crippen LogP contribution in [0.15, 0.2) is 54.6 Å². The molecule has 1 fully saturated rings. The van der Waals surface area contributed by atoms with Gasteiger partial charge in [-0.1, -0.05) is 42.5 Å². The lowest BCUT2D eigenvalue weighted by atomic mass is 10.0. The largest absolute Gasteiger partial charge is 0.497 e. The summed E-state index contributed by atoms with van der Waals surface area (Å²) in [6.07, 6.45) is 3.49. The molecule has 1 unspecified atom stereocenters. The number of ether oxygens (including phenoxy) is 1. The summed E-state index contributed by atoms with van der Waals surface area (Å²) in [5, 5.41) is 0. The van der Waals surface area contributed by atoms with E-state index in [1.807, 2.05) is 18.2 Å². The number of likely N-dealkylation sites (tertiary alicyclic amines) is 1. The Kier molecular flexibility index (Phi) is 4.96. The number of rotatable bonds is 6. The maximum absolute atomic E-state index is 12.2. The summed E-state index contributed by atoms with van der Waals surface area (Å²) in [5.74, 6) is 1.16. The van der Waals surface area contributed by atoms with Crippen molar-refractivity contribution in [1.82, 2.24) is 4.90 Å². The molecule has 2 aromatic rings. The zero-order valence-electron chi connectivity index (χ0n) is 13.6. The minimum Gasteiger partial charge on any atom is -0.497 e. The van der Waals surface area contributed by atoms with Crippen LogP contribution < -0.4 is 4.74 Å². The van der Waals surface area contributed by atoms with Crippen molar-refractivity contribution >= 4 is 5.91 Å². The number of carbonyl (C=O) groups excluding carboxylic acids is 1. The van der Waals surface area contributed by atoms with E-state index in [4.69, 9.17) is 4.74 Å². The highest BCUT2D eigenvalue weighted by atomic mass is 16.5. The number of benzene rings is 2. The summed E-state index contributed by atoms with van der Waals surface area (Å²) >= 11 is 0. The Bertz CT molecular complexity index is 636. The molecule has 0 spiro atoms. The third kappa shape index (κ3) is 3.92. The smallest absolute Gasteiger partial charge is 0.222 e. The zero-order valence-corrected chi connectivity index (χ0v) is 13.6. The van der Waals surface area contributed by atoms with E-state index in [1.165, 1.54) is 11.1 Å². The standard InChI is InChI=1S/C20H23NO2/c1-23-19-10-7-16(8-11-19)13-14-21-18(9-12-20(21)22)15-17-5-3-2-4-6-17/h2-8,10-11,18H,9,12-15H2,1H3. The third-order valence-corrected chi connectivity index (χ3v) is 4.57. The number of hydrogen-bond donors (Lipinski definition) is 0. The van der Waals surface area contributed by atoms with Gasteiger partial charge in [-0.2, -0.15) is 0 Å². The quantitative estimate of drug-likeness (QED) is 0.817. The molecule has 1 atom stereocenters. The molecule has 1 aliphatic rings. The van der Waals surface area contributed by atoms with Crippen LogP contribution >= 0.6 is 0 Å². The van der Waals surface area contributed by atoms with E-state index in [0.717, 1.165) is 31.6 Å². The molecule has 0 saturated carbocycles. The van der Waals surface area contributed by atoms with Gasteiger partial charge in [-0.15, -0.1) is 0 Å². The van der Waals surface area contributed by atoms with Gasteiger partial charge in [0.2, 0.25) is 5.91 Å². The number of methoxy groups -OCH3 is 1. The van der Waals surface area contributed by atoms with Gasteiger partial charge in [-0.3, -0.25) is 4.79 Å². The predicted molar refractivity (Wildman–Crippen MR) is 91.6 cm³/mol. The summed E-state index contributed by atoms with van der Waals surface area (Å²) in [6, 6.07) is 18.9. The first-order valence-electron chi connectivity index (χ1n) is 8.22. The van der Waals surface area contributed by atoms with Crippen LogP contribution in [0.1, 0.15) is 24.0 Å². The van der Waals surface area contributed by atoms with Crippen molar-refractivity contribution in [2.45, 2.75) is 31.7 Å². The van der Waals surface area contributed by atoms with Crippen LogP contribution in [-0.4, -0.2) is 30.5 Å². The average Bonchev–Trinajstić information content (AvgIpc) is 2.94. The van der Waals surface area contributed by atoms with Crippen LogP contribution in [0.2, 0.25) is 0 Å². The Balaban J connectivity index is 1.61. The first kappa shape index (κ1) is 15.6. The number of carbonyl (C=O) groups is 1. The summed E-state index contributed by atoms with van der Waals surface area (Å²) in [5.41, 5.74) is 2.55. The summed E-state index contributed by atoms with van der Waals surface area (Å²) in [4.78, 5) is 14.3. The molecule has 3 nitrogen and oxygen atoms in total. The molecule has 1 aliphatic heterocycles. The van der Waals surface area contributed by atoms with Gasteiger partial charge in [0.15, 0.2) is 0 Å². The maximum Gasteiger partial charge on any atom is 0.222 e. The monoisotopic (exact) mass is 309 g/mol.